The predicted molar refractivity (Wildman–Crippen MR) is 88.2 cm³/mol. The third kappa shape index (κ3) is 4.07. The molecule has 0 N–H and O–H groups in total. The summed E-state index contributed by atoms with van der Waals surface area (Å²) in [5, 5.41) is 8.94. The van der Waals surface area contributed by atoms with Crippen molar-refractivity contribution in [3.8, 4) is 17.7 Å². The van der Waals surface area contributed by atoms with Gasteiger partial charge in [0.25, 0.3) is 0 Å². The number of rotatable bonds is 4. The summed E-state index contributed by atoms with van der Waals surface area (Å²) in [4.78, 5) is 8.96. The van der Waals surface area contributed by atoms with Gasteiger partial charge in [0, 0.05) is 44.4 Å². The lowest BCUT2D eigenvalue weighted by molar-refractivity contribution is 0.147. The topological polar surface area (TPSA) is 52.4 Å². The van der Waals surface area contributed by atoms with Gasteiger partial charge in [0.05, 0.1) is 0 Å². The monoisotopic (exact) mass is 308 g/mol. The average Bonchev–Trinajstić information content (AvgIpc) is 2.59. The van der Waals surface area contributed by atoms with Crippen molar-refractivity contribution < 1.29 is 4.74 Å². The second-order valence-electron chi connectivity index (χ2n) is 5.76. The van der Waals surface area contributed by atoms with E-state index in [0.717, 1.165) is 44.0 Å². The Balaban J connectivity index is 1.74. The van der Waals surface area contributed by atoms with Crippen LogP contribution in [0.1, 0.15) is 11.3 Å². The normalized spacial score (nSPS) is 16.0. The Morgan fingerprint density at radius 1 is 1.09 bits per heavy atom. The van der Waals surface area contributed by atoms with Crippen molar-refractivity contribution in [1.29, 1.82) is 5.26 Å². The van der Waals surface area contributed by atoms with Crippen LogP contribution < -0.4 is 4.74 Å². The zero-order chi connectivity index (χ0) is 16.1. The van der Waals surface area contributed by atoms with E-state index in [9.17, 15) is 0 Å². The first-order valence-corrected chi connectivity index (χ1v) is 7.78. The van der Waals surface area contributed by atoms with Gasteiger partial charge in [-0.2, -0.15) is 5.26 Å². The molecule has 5 heteroatoms. The van der Waals surface area contributed by atoms with Crippen LogP contribution in [0.2, 0.25) is 0 Å². The van der Waals surface area contributed by atoms with E-state index < -0.39 is 0 Å². The van der Waals surface area contributed by atoms with E-state index in [1.807, 2.05) is 24.3 Å². The van der Waals surface area contributed by atoms with Crippen LogP contribution >= 0.6 is 0 Å². The Morgan fingerprint density at radius 3 is 2.65 bits per heavy atom. The van der Waals surface area contributed by atoms with Crippen molar-refractivity contribution in [2.75, 3.05) is 33.2 Å². The molecule has 1 aliphatic rings. The zero-order valence-corrected chi connectivity index (χ0v) is 13.3. The van der Waals surface area contributed by atoms with Crippen molar-refractivity contribution in [1.82, 2.24) is 14.8 Å². The molecule has 0 amide bonds. The van der Waals surface area contributed by atoms with Gasteiger partial charge < -0.3 is 9.64 Å². The zero-order valence-electron chi connectivity index (χ0n) is 13.3. The number of nitriles is 1. The number of aromatic nitrogens is 1. The van der Waals surface area contributed by atoms with Crippen LogP contribution in [0.5, 0.6) is 11.6 Å². The van der Waals surface area contributed by atoms with Gasteiger partial charge in [-0.05, 0) is 19.2 Å². The van der Waals surface area contributed by atoms with E-state index in [-0.39, 0.29) is 0 Å². The SMILES string of the molecule is CN1CCN(Cc2ccccc2Oc2cccc(C#N)n2)CC1. The van der Waals surface area contributed by atoms with Gasteiger partial charge in [-0.25, -0.2) is 4.98 Å². The highest BCUT2D eigenvalue weighted by Gasteiger charge is 2.16. The molecule has 0 spiro atoms. The van der Waals surface area contributed by atoms with E-state index in [0.29, 0.717) is 11.6 Å². The average molecular weight is 308 g/mol. The molecule has 23 heavy (non-hydrogen) atoms. The third-order valence-electron chi connectivity index (χ3n) is 4.02. The molecule has 0 unspecified atom stereocenters. The standard InChI is InChI=1S/C18H20N4O/c1-21-9-11-22(12-10-21)14-15-5-2-3-7-17(15)23-18-8-4-6-16(13-19)20-18/h2-8H,9-12,14H2,1H3. The van der Waals surface area contributed by atoms with Gasteiger partial charge >= 0.3 is 0 Å². The van der Waals surface area contributed by atoms with Crippen LogP contribution in [0.15, 0.2) is 42.5 Å². The molecule has 0 aliphatic carbocycles. The number of ether oxygens (including phenoxy) is 1. The van der Waals surface area contributed by atoms with E-state index in [4.69, 9.17) is 10.00 Å². The van der Waals surface area contributed by atoms with Gasteiger partial charge in [-0.15, -0.1) is 0 Å². The molecule has 0 saturated carbocycles. The Hall–Kier alpha value is -2.42. The van der Waals surface area contributed by atoms with Gasteiger partial charge in [0.1, 0.15) is 17.5 Å². The molecule has 118 valence electrons. The van der Waals surface area contributed by atoms with E-state index in [1.165, 1.54) is 0 Å². The minimum Gasteiger partial charge on any atom is -0.439 e. The van der Waals surface area contributed by atoms with Crippen LogP contribution in [-0.2, 0) is 6.54 Å². The van der Waals surface area contributed by atoms with Crippen molar-refractivity contribution in [2.24, 2.45) is 0 Å². The summed E-state index contributed by atoms with van der Waals surface area (Å²) in [6.45, 7) is 5.17. The van der Waals surface area contributed by atoms with Gasteiger partial charge in [-0.1, -0.05) is 24.3 Å². The summed E-state index contributed by atoms with van der Waals surface area (Å²) in [5.74, 6) is 1.25. The van der Waals surface area contributed by atoms with Crippen molar-refractivity contribution in [3.63, 3.8) is 0 Å². The van der Waals surface area contributed by atoms with Gasteiger partial charge in [-0.3, -0.25) is 4.90 Å². The summed E-state index contributed by atoms with van der Waals surface area (Å²) >= 11 is 0. The number of pyridine rings is 1. The fourth-order valence-electron chi connectivity index (χ4n) is 2.63. The van der Waals surface area contributed by atoms with Crippen molar-refractivity contribution in [3.05, 3.63) is 53.7 Å². The molecule has 3 rings (SSSR count). The second kappa shape index (κ2) is 7.23. The molecule has 1 aromatic carbocycles. The largest absolute Gasteiger partial charge is 0.439 e. The summed E-state index contributed by atoms with van der Waals surface area (Å²) in [7, 11) is 2.16. The second-order valence-corrected chi connectivity index (χ2v) is 5.76. The van der Waals surface area contributed by atoms with Crippen LogP contribution in [0.4, 0.5) is 0 Å². The molecule has 2 heterocycles. The van der Waals surface area contributed by atoms with Gasteiger partial charge in [0.2, 0.25) is 5.88 Å². The van der Waals surface area contributed by atoms with Crippen LogP contribution in [0, 0.1) is 11.3 Å². The van der Waals surface area contributed by atoms with Crippen molar-refractivity contribution in [2.45, 2.75) is 6.54 Å². The lowest BCUT2D eigenvalue weighted by Gasteiger charge is -2.32. The first-order chi connectivity index (χ1) is 11.2. The lowest BCUT2D eigenvalue weighted by atomic mass is 10.1. The Bertz CT molecular complexity index is 702. The smallest absolute Gasteiger partial charge is 0.220 e. The quantitative estimate of drug-likeness (QED) is 0.868. The molecule has 0 bridgehead atoms. The highest BCUT2D eigenvalue weighted by molar-refractivity contribution is 5.37. The molecule has 0 atom stereocenters. The van der Waals surface area contributed by atoms with Gasteiger partial charge in [0.15, 0.2) is 0 Å². The third-order valence-corrected chi connectivity index (χ3v) is 4.02. The Kier molecular flexibility index (Phi) is 4.86. The van der Waals surface area contributed by atoms with Crippen LogP contribution in [-0.4, -0.2) is 48.0 Å². The fourth-order valence-corrected chi connectivity index (χ4v) is 2.63. The lowest BCUT2D eigenvalue weighted by Crippen LogP contribution is -2.43. The fraction of sp³-hybridized carbons (Fsp3) is 0.333. The Morgan fingerprint density at radius 2 is 1.87 bits per heavy atom. The number of piperazine rings is 1. The summed E-state index contributed by atoms with van der Waals surface area (Å²) < 4.78 is 5.92. The maximum absolute atomic E-state index is 8.94. The minimum atomic E-state index is 0.360. The number of benzene rings is 1. The van der Waals surface area contributed by atoms with Crippen LogP contribution in [0.3, 0.4) is 0 Å². The van der Waals surface area contributed by atoms with E-state index >= 15 is 0 Å². The molecule has 1 fully saturated rings. The number of nitrogens with zero attached hydrogens (tertiary/aromatic N) is 4. The number of likely N-dealkylation sites (N-methyl/N-ethyl adjacent to an activating group) is 1. The first-order valence-electron chi connectivity index (χ1n) is 7.78. The minimum absolute atomic E-state index is 0.360. The summed E-state index contributed by atoms with van der Waals surface area (Å²) in [5.41, 5.74) is 1.50. The molecule has 1 aromatic heterocycles. The predicted octanol–water partition coefficient (Wildman–Crippen LogP) is 2.49. The number of hydrogen-bond donors (Lipinski definition) is 0. The summed E-state index contributed by atoms with van der Waals surface area (Å²) in [6, 6.07) is 15.3. The highest BCUT2D eigenvalue weighted by atomic mass is 16.5. The first kappa shape index (κ1) is 15.5. The van der Waals surface area contributed by atoms with E-state index in [2.05, 4.69) is 27.9 Å². The maximum Gasteiger partial charge on any atom is 0.220 e. The number of para-hydroxylation sites is 1. The summed E-state index contributed by atoms with van der Waals surface area (Å²) in [6.07, 6.45) is 0. The molecule has 1 saturated heterocycles. The molecule has 0 radical (unpaired) electrons. The molecular formula is C18H20N4O. The highest BCUT2D eigenvalue weighted by Crippen LogP contribution is 2.25. The maximum atomic E-state index is 8.94. The Labute approximate surface area is 136 Å². The molecule has 5 nitrogen and oxygen atoms in total. The molecule has 2 aromatic rings. The van der Waals surface area contributed by atoms with Crippen molar-refractivity contribution >= 4 is 0 Å². The number of hydrogen-bond acceptors (Lipinski definition) is 5. The van der Waals surface area contributed by atoms with Crippen LogP contribution in [0.25, 0.3) is 0 Å². The van der Waals surface area contributed by atoms with E-state index in [1.54, 1.807) is 18.2 Å². The molecular weight excluding hydrogens is 288 g/mol. The molecule has 1 aliphatic heterocycles.